The van der Waals surface area contributed by atoms with Crippen molar-refractivity contribution >= 4 is 5.91 Å². The van der Waals surface area contributed by atoms with Crippen LogP contribution < -0.4 is 11.3 Å². The monoisotopic (exact) mass is 201 g/mol. The van der Waals surface area contributed by atoms with Crippen LogP contribution in [0.15, 0.2) is 0 Å². The first-order chi connectivity index (χ1) is 6.53. The highest BCUT2D eigenvalue weighted by Crippen LogP contribution is 2.19. The second kappa shape index (κ2) is 4.72. The van der Waals surface area contributed by atoms with Gasteiger partial charge in [0, 0.05) is 19.5 Å². The summed E-state index contributed by atoms with van der Waals surface area (Å²) in [6, 6.07) is 0. The summed E-state index contributed by atoms with van der Waals surface area (Å²) in [6.07, 6.45) is 2.22. The third-order valence-corrected chi connectivity index (χ3v) is 2.57. The van der Waals surface area contributed by atoms with Gasteiger partial charge in [-0.05, 0) is 26.3 Å². The van der Waals surface area contributed by atoms with Gasteiger partial charge < -0.3 is 5.11 Å². The van der Waals surface area contributed by atoms with Gasteiger partial charge in [-0.15, -0.1) is 0 Å². The Morgan fingerprint density at radius 1 is 1.71 bits per heavy atom. The quantitative estimate of drug-likeness (QED) is 0.318. The van der Waals surface area contributed by atoms with Crippen molar-refractivity contribution in [2.75, 3.05) is 19.6 Å². The Hall–Kier alpha value is -0.650. The first-order valence-electron chi connectivity index (χ1n) is 4.98. The molecule has 5 heteroatoms. The van der Waals surface area contributed by atoms with Crippen LogP contribution >= 0.6 is 0 Å². The number of aliphatic hydroxyl groups is 1. The van der Waals surface area contributed by atoms with Crippen molar-refractivity contribution in [1.29, 1.82) is 0 Å². The molecular weight excluding hydrogens is 182 g/mol. The average molecular weight is 201 g/mol. The lowest BCUT2D eigenvalue weighted by molar-refractivity contribution is -0.121. The van der Waals surface area contributed by atoms with E-state index in [4.69, 9.17) is 5.84 Å². The fraction of sp³-hybridized carbons (Fsp3) is 0.889. The lowest BCUT2D eigenvalue weighted by Crippen LogP contribution is -2.47. The molecule has 5 nitrogen and oxygen atoms in total. The van der Waals surface area contributed by atoms with Crippen LogP contribution in [0.1, 0.15) is 26.2 Å². The number of nitrogens with zero attached hydrogens (tertiary/aromatic N) is 1. The summed E-state index contributed by atoms with van der Waals surface area (Å²) in [5, 5.41) is 9.80. The van der Waals surface area contributed by atoms with E-state index in [1.54, 1.807) is 0 Å². The number of piperidine rings is 1. The Kier molecular flexibility index (Phi) is 3.86. The van der Waals surface area contributed by atoms with Crippen molar-refractivity contribution in [3.63, 3.8) is 0 Å². The molecule has 4 N–H and O–H groups in total. The number of rotatable bonds is 3. The molecule has 0 saturated carbocycles. The van der Waals surface area contributed by atoms with Crippen LogP contribution in [0.3, 0.4) is 0 Å². The molecule has 0 aromatic heterocycles. The Labute approximate surface area is 84.2 Å². The van der Waals surface area contributed by atoms with Gasteiger partial charge in [-0.3, -0.25) is 15.1 Å². The maximum absolute atomic E-state index is 10.9. The number of nitrogens with one attached hydrogen (secondary N) is 1. The Bertz CT molecular complexity index is 206. The van der Waals surface area contributed by atoms with Crippen LogP contribution in [0.2, 0.25) is 0 Å². The van der Waals surface area contributed by atoms with Crippen molar-refractivity contribution in [2.45, 2.75) is 31.8 Å². The van der Waals surface area contributed by atoms with Gasteiger partial charge >= 0.3 is 0 Å². The number of carbonyl (C=O) groups excluding carboxylic acids is 1. The van der Waals surface area contributed by atoms with Crippen LogP contribution in [-0.4, -0.2) is 41.1 Å². The number of amides is 1. The summed E-state index contributed by atoms with van der Waals surface area (Å²) in [5.74, 6) is 4.82. The van der Waals surface area contributed by atoms with Gasteiger partial charge in [0.25, 0.3) is 0 Å². The van der Waals surface area contributed by atoms with E-state index in [1.807, 2.05) is 6.92 Å². The Morgan fingerprint density at radius 3 is 3.00 bits per heavy atom. The largest absolute Gasteiger partial charge is 0.389 e. The molecule has 0 aromatic carbocycles. The van der Waals surface area contributed by atoms with Gasteiger partial charge in [-0.2, -0.15) is 0 Å². The molecule has 0 bridgehead atoms. The topological polar surface area (TPSA) is 78.6 Å². The lowest BCUT2D eigenvalue weighted by Gasteiger charge is -2.36. The molecule has 1 heterocycles. The first kappa shape index (κ1) is 11.4. The summed E-state index contributed by atoms with van der Waals surface area (Å²) in [5.41, 5.74) is 1.50. The van der Waals surface area contributed by atoms with Crippen molar-refractivity contribution in [3.8, 4) is 0 Å². The van der Waals surface area contributed by atoms with Gasteiger partial charge in [-0.1, -0.05) is 0 Å². The molecule has 0 aliphatic carbocycles. The van der Waals surface area contributed by atoms with E-state index in [1.165, 1.54) is 0 Å². The smallest absolute Gasteiger partial charge is 0.235 e. The number of nitrogens with two attached hydrogens (primary N) is 1. The summed E-state index contributed by atoms with van der Waals surface area (Å²) >= 11 is 0. The second-order valence-electron chi connectivity index (χ2n) is 4.19. The van der Waals surface area contributed by atoms with Crippen LogP contribution in [0.4, 0.5) is 0 Å². The predicted octanol–water partition coefficient (Wildman–Crippen LogP) is -0.787. The molecule has 0 aromatic rings. The molecule has 14 heavy (non-hydrogen) atoms. The number of hydrazine groups is 1. The third-order valence-electron chi connectivity index (χ3n) is 2.57. The third kappa shape index (κ3) is 3.61. The zero-order valence-corrected chi connectivity index (χ0v) is 8.62. The standard InChI is InChI=1S/C9H19N3O2/c1-9(14)4-2-5-12(7-9)6-3-8(13)11-10/h14H,2-7,10H2,1H3,(H,11,13). The van der Waals surface area contributed by atoms with Crippen LogP contribution in [-0.2, 0) is 4.79 Å². The van der Waals surface area contributed by atoms with Gasteiger partial charge in [0.05, 0.1) is 5.60 Å². The fourth-order valence-electron chi connectivity index (χ4n) is 1.85. The zero-order chi connectivity index (χ0) is 10.6. The highest BCUT2D eigenvalue weighted by atomic mass is 16.3. The minimum atomic E-state index is -0.600. The normalized spacial score (nSPS) is 28.8. The summed E-state index contributed by atoms with van der Waals surface area (Å²) in [7, 11) is 0. The molecular formula is C9H19N3O2. The highest BCUT2D eigenvalue weighted by Gasteiger charge is 2.28. The fourth-order valence-corrected chi connectivity index (χ4v) is 1.85. The maximum atomic E-state index is 10.9. The van der Waals surface area contributed by atoms with Crippen LogP contribution in [0, 0.1) is 0 Å². The van der Waals surface area contributed by atoms with E-state index in [0.717, 1.165) is 19.4 Å². The average Bonchev–Trinajstić information content (AvgIpc) is 2.12. The zero-order valence-electron chi connectivity index (χ0n) is 8.62. The molecule has 1 atom stereocenters. The molecule has 0 radical (unpaired) electrons. The Balaban J connectivity index is 2.28. The van der Waals surface area contributed by atoms with Crippen LogP contribution in [0.25, 0.3) is 0 Å². The van der Waals surface area contributed by atoms with Gasteiger partial charge in [0.2, 0.25) is 5.91 Å². The van der Waals surface area contributed by atoms with E-state index in [-0.39, 0.29) is 5.91 Å². The van der Waals surface area contributed by atoms with Gasteiger partial charge in [0.1, 0.15) is 0 Å². The minimum absolute atomic E-state index is 0.157. The minimum Gasteiger partial charge on any atom is -0.389 e. The van der Waals surface area contributed by atoms with E-state index in [2.05, 4.69) is 10.3 Å². The van der Waals surface area contributed by atoms with E-state index < -0.39 is 5.60 Å². The predicted molar refractivity (Wildman–Crippen MR) is 53.2 cm³/mol. The number of hydrogen-bond acceptors (Lipinski definition) is 4. The van der Waals surface area contributed by atoms with Gasteiger partial charge in [-0.25, -0.2) is 5.84 Å². The van der Waals surface area contributed by atoms with Crippen molar-refractivity contribution in [3.05, 3.63) is 0 Å². The highest BCUT2D eigenvalue weighted by molar-refractivity contribution is 5.75. The number of β-amino-alcohol motifs (C(OH)–C–C–N with tert-alkyl or cyclic N) is 1. The first-order valence-corrected chi connectivity index (χ1v) is 4.98. The SMILES string of the molecule is CC1(O)CCCN(CCC(=O)NN)C1. The van der Waals surface area contributed by atoms with E-state index in [9.17, 15) is 9.90 Å². The van der Waals surface area contributed by atoms with Crippen LogP contribution in [0.5, 0.6) is 0 Å². The molecule has 0 spiro atoms. The van der Waals surface area contributed by atoms with Gasteiger partial charge in [0.15, 0.2) is 0 Å². The number of likely N-dealkylation sites (tertiary alicyclic amines) is 1. The second-order valence-corrected chi connectivity index (χ2v) is 4.19. The van der Waals surface area contributed by atoms with Crippen molar-refractivity contribution < 1.29 is 9.90 Å². The molecule has 1 unspecified atom stereocenters. The summed E-state index contributed by atoms with van der Waals surface area (Å²) in [6.45, 7) is 4.10. The molecule has 1 rings (SSSR count). The maximum Gasteiger partial charge on any atom is 0.235 e. The number of carbonyl (C=O) groups is 1. The molecule has 1 aliphatic rings. The molecule has 1 fully saturated rings. The molecule has 1 amide bonds. The molecule has 1 saturated heterocycles. The van der Waals surface area contributed by atoms with E-state index in [0.29, 0.717) is 19.5 Å². The number of hydrogen-bond donors (Lipinski definition) is 3. The van der Waals surface area contributed by atoms with Crippen molar-refractivity contribution in [1.82, 2.24) is 10.3 Å². The Morgan fingerprint density at radius 2 is 2.43 bits per heavy atom. The summed E-state index contributed by atoms with van der Waals surface area (Å²) < 4.78 is 0. The summed E-state index contributed by atoms with van der Waals surface area (Å²) in [4.78, 5) is 13.0. The van der Waals surface area contributed by atoms with Crippen molar-refractivity contribution in [2.24, 2.45) is 5.84 Å². The lowest BCUT2D eigenvalue weighted by atomic mass is 9.95. The molecule has 1 aliphatic heterocycles. The van der Waals surface area contributed by atoms with E-state index >= 15 is 0 Å². The molecule has 82 valence electrons.